The molecule has 23 heavy (non-hydrogen) atoms. The van der Waals surface area contributed by atoms with Gasteiger partial charge in [-0.05, 0) is 30.2 Å². The van der Waals surface area contributed by atoms with Crippen LogP contribution in [0.2, 0.25) is 0 Å². The molecule has 0 unspecified atom stereocenters. The van der Waals surface area contributed by atoms with Gasteiger partial charge in [0, 0.05) is 17.9 Å². The fourth-order valence-electron chi connectivity index (χ4n) is 2.12. The van der Waals surface area contributed by atoms with E-state index in [0.717, 1.165) is 5.56 Å². The van der Waals surface area contributed by atoms with E-state index in [2.05, 4.69) is 10.1 Å². The first kappa shape index (κ1) is 16.9. The van der Waals surface area contributed by atoms with Crippen LogP contribution in [0.5, 0.6) is 5.75 Å². The number of hydrogen-bond acceptors (Lipinski definition) is 3. The smallest absolute Gasteiger partial charge is 0.387 e. The van der Waals surface area contributed by atoms with E-state index >= 15 is 0 Å². The molecule has 6 heteroatoms. The summed E-state index contributed by atoms with van der Waals surface area (Å²) >= 11 is 0. The highest BCUT2D eigenvalue weighted by molar-refractivity contribution is 5.92. The largest absolute Gasteiger partial charge is 0.435 e. The van der Waals surface area contributed by atoms with Crippen LogP contribution in [0.1, 0.15) is 11.1 Å². The number of aliphatic hydroxyl groups excluding tert-OH is 1. The molecular weight excluding hydrogens is 304 g/mol. The van der Waals surface area contributed by atoms with Crippen LogP contribution in [0.4, 0.5) is 14.5 Å². The number of nitrogens with one attached hydrogen (secondary N) is 1. The highest BCUT2D eigenvalue weighted by atomic mass is 19.3. The van der Waals surface area contributed by atoms with Crippen molar-refractivity contribution in [1.29, 1.82) is 0 Å². The molecule has 0 aliphatic carbocycles. The van der Waals surface area contributed by atoms with E-state index < -0.39 is 6.61 Å². The van der Waals surface area contributed by atoms with Crippen molar-refractivity contribution in [2.24, 2.45) is 0 Å². The van der Waals surface area contributed by atoms with Gasteiger partial charge in [0.15, 0.2) is 0 Å². The summed E-state index contributed by atoms with van der Waals surface area (Å²) in [6, 6.07) is 13.3. The Morgan fingerprint density at radius 3 is 2.48 bits per heavy atom. The lowest BCUT2D eigenvalue weighted by Gasteiger charge is -2.11. The molecule has 0 bridgehead atoms. The number of carbonyl (C=O) groups excluding carboxylic acids is 1. The van der Waals surface area contributed by atoms with Crippen LogP contribution in [-0.2, 0) is 17.6 Å². The molecule has 0 spiro atoms. The first-order valence-electron chi connectivity index (χ1n) is 7.11. The van der Waals surface area contributed by atoms with Gasteiger partial charge >= 0.3 is 6.61 Å². The summed E-state index contributed by atoms with van der Waals surface area (Å²) in [6.45, 7) is -2.87. The van der Waals surface area contributed by atoms with E-state index in [-0.39, 0.29) is 24.7 Å². The second-order valence-electron chi connectivity index (χ2n) is 4.88. The van der Waals surface area contributed by atoms with Crippen LogP contribution in [-0.4, -0.2) is 24.2 Å². The molecule has 0 radical (unpaired) electrons. The third kappa shape index (κ3) is 5.34. The van der Waals surface area contributed by atoms with Gasteiger partial charge in [0.2, 0.25) is 5.91 Å². The summed E-state index contributed by atoms with van der Waals surface area (Å²) in [5.41, 5.74) is 1.95. The average molecular weight is 321 g/mol. The Morgan fingerprint density at radius 1 is 1.13 bits per heavy atom. The van der Waals surface area contributed by atoms with Gasteiger partial charge in [-0.15, -0.1) is 0 Å². The maximum Gasteiger partial charge on any atom is 0.387 e. The van der Waals surface area contributed by atoms with E-state index in [1.165, 1.54) is 6.07 Å². The van der Waals surface area contributed by atoms with Gasteiger partial charge in [0.05, 0.1) is 6.42 Å². The Hall–Kier alpha value is -2.47. The lowest BCUT2D eigenvalue weighted by Crippen LogP contribution is -2.15. The molecule has 2 aromatic rings. The molecule has 2 rings (SSSR count). The number of ether oxygens (including phenoxy) is 1. The van der Waals surface area contributed by atoms with Crippen molar-refractivity contribution >= 4 is 11.6 Å². The maximum atomic E-state index is 12.3. The van der Waals surface area contributed by atoms with Crippen LogP contribution in [0.3, 0.4) is 0 Å². The summed E-state index contributed by atoms with van der Waals surface area (Å²) < 4.78 is 29.1. The molecule has 0 saturated heterocycles. The highest BCUT2D eigenvalue weighted by Gasteiger charge is 2.12. The van der Waals surface area contributed by atoms with Gasteiger partial charge < -0.3 is 15.2 Å². The molecule has 122 valence electrons. The van der Waals surface area contributed by atoms with Gasteiger partial charge in [0.1, 0.15) is 5.75 Å². The number of carbonyl (C=O) groups is 1. The zero-order valence-corrected chi connectivity index (χ0v) is 12.3. The molecule has 0 atom stereocenters. The quantitative estimate of drug-likeness (QED) is 0.824. The molecule has 0 saturated carbocycles. The standard InChI is InChI=1S/C17H17F2NO3/c18-17(19)23-15-4-2-1-3-13(15)11-16(22)20-14-7-5-12(6-8-14)9-10-21/h1-8,17,21H,9-11H2,(H,20,22). The Morgan fingerprint density at radius 2 is 1.83 bits per heavy atom. The predicted octanol–water partition coefficient (Wildman–Crippen LogP) is 3.00. The Labute approximate surface area is 132 Å². The molecule has 2 N–H and O–H groups in total. The number of rotatable bonds is 7. The second kappa shape index (κ2) is 8.24. The Bertz CT molecular complexity index is 645. The minimum atomic E-state index is -2.93. The van der Waals surface area contributed by atoms with Gasteiger partial charge in [-0.25, -0.2) is 0 Å². The maximum absolute atomic E-state index is 12.3. The van der Waals surface area contributed by atoms with E-state index in [1.54, 1.807) is 42.5 Å². The van der Waals surface area contributed by atoms with Crippen LogP contribution < -0.4 is 10.1 Å². The lowest BCUT2D eigenvalue weighted by molar-refractivity contribution is -0.115. The summed E-state index contributed by atoms with van der Waals surface area (Å²) in [6.07, 6.45) is 0.480. The normalized spacial score (nSPS) is 10.6. The monoisotopic (exact) mass is 321 g/mol. The van der Waals surface area contributed by atoms with E-state index in [1.807, 2.05) is 0 Å². The van der Waals surface area contributed by atoms with Crippen LogP contribution in [0, 0.1) is 0 Å². The van der Waals surface area contributed by atoms with Gasteiger partial charge in [-0.2, -0.15) is 8.78 Å². The number of alkyl halides is 2. The molecule has 4 nitrogen and oxygen atoms in total. The third-order valence-corrected chi connectivity index (χ3v) is 3.18. The van der Waals surface area contributed by atoms with Crippen molar-refractivity contribution in [1.82, 2.24) is 0 Å². The minimum Gasteiger partial charge on any atom is -0.435 e. The summed E-state index contributed by atoms with van der Waals surface area (Å²) in [7, 11) is 0. The lowest BCUT2D eigenvalue weighted by atomic mass is 10.1. The predicted molar refractivity (Wildman–Crippen MR) is 82.6 cm³/mol. The Balaban J connectivity index is 1.99. The van der Waals surface area contributed by atoms with Gasteiger partial charge in [-0.3, -0.25) is 4.79 Å². The molecule has 0 aromatic heterocycles. The van der Waals surface area contributed by atoms with Crippen molar-refractivity contribution in [3.8, 4) is 5.75 Å². The molecule has 2 aromatic carbocycles. The highest BCUT2D eigenvalue weighted by Crippen LogP contribution is 2.21. The van der Waals surface area contributed by atoms with Crippen molar-refractivity contribution in [3.05, 3.63) is 59.7 Å². The fourth-order valence-corrected chi connectivity index (χ4v) is 2.12. The second-order valence-corrected chi connectivity index (χ2v) is 4.88. The molecule has 1 amide bonds. The van der Waals surface area contributed by atoms with Crippen LogP contribution >= 0.6 is 0 Å². The number of benzene rings is 2. The number of amides is 1. The minimum absolute atomic E-state index is 0.00376. The van der Waals surface area contributed by atoms with Crippen LogP contribution in [0.25, 0.3) is 0 Å². The van der Waals surface area contributed by atoms with Gasteiger partial charge in [0.25, 0.3) is 0 Å². The number of para-hydroxylation sites is 1. The van der Waals surface area contributed by atoms with Gasteiger partial charge in [-0.1, -0.05) is 30.3 Å². The van der Waals surface area contributed by atoms with E-state index in [0.29, 0.717) is 17.7 Å². The zero-order chi connectivity index (χ0) is 16.7. The first-order chi connectivity index (χ1) is 11.1. The van der Waals surface area contributed by atoms with Crippen molar-refractivity contribution in [2.75, 3.05) is 11.9 Å². The topological polar surface area (TPSA) is 58.6 Å². The fraction of sp³-hybridized carbons (Fsp3) is 0.235. The van der Waals surface area contributed by atoms with E-state index in [4.69, 9.17) is 5.11 Å². The Kier molecular flexibility index (Phi) is 6.05. The number of anilines is 1. The summed E-state index contributed by atoms with van der Waals surface area (Å²) in [5.74, 6) is -0.332. The van der Waals surface area contributed by atoms with Crippen LogP contribution in [0.15, 0.2) is 48.5 Å². The van der Waals surface area contributed by atoms with Crippen molar-refractivity contribution in [2.45, 2.75) is 19.5 Å². The molecule has 0 aliphatic rings. The summed E-state index contributed by atoms with van der Waals surface area (Å²) in [4.78, 5) is 12.0. The number of aliphatic hydroxyl groups is 1. The van der Waals surface area contributed by atoms with Crippen molar-refractivity contribution in [3.63, 3.8) is 0 Å². The van der Waals surface area contributed by atoms with Crippen molar-refractivity contribution < 1.29 is 23.4 Å². The molecule has 0 fully saturated rings. The SMILES string of the molecule is O=C(Cc1ccccc1OC(F)F)Nc1ccc(CCO)cc1. The summed E-state index contributed by atoms with van der Waals surface area (Å²) in [5, 5.41) is 11.5. The molecule has 0 heterocycles. The van der Waals surface area contributed by atoms with E-state index in [9.17, 15) is 13.6 Å². The molecular formula is C17H17F2NO3. The number of hydrogen-bond donors (Lipinski definition) is 2. The third-order valence-electron chi connectivity index (χ3n) is 3.18. The molecule has 0 aliphatic heterocycles. The first-order valence-corrected chi connectivity index (χ1v) is 7.11. The zero-order valence-electron chi connectivity index (χ0n) is 12.3. The average Bonchev–Trinajstić information content (AvgIpc) is 2.51. The number of halogens is 2.